The number of carboxylic acid groups (broad SMARTS) is 1. The molecule has 0 unspecified atom stereocenters. The molecule has 2 aliphatic heterocycles. The minimum atomic E-state index is -0.747. The first kappa shape index (κ1) is 14.1. The van der Waals surface area contributed by atoms with Crippen molar-refractivity contribution in [1.82, 2.24) is 10.2 Å². The Morgan fingerprint density at radius 2 is 2.37 bits per heavy atom. The van der Waals surface area contributed by atoms with Crippen LogP contribution in [0.4, 0.5) is 4.79 Å². The number of nitrogens with one attached hydrogen (secondary N) is 1. The Hall–Kier alpha value is -1.35. The van der Waals surface area contributed by atoms with Gasteiger partial charge in [-0.25, -0.2) is 4.79 Å². The van der Waals surface area contributed by atoms with E-state index in [-0.39, 0.29) is 24.5 Å². The smallest absolute Gasteiger partial charge is 0.318 e. The maximum atomic E-state index is 11.8. The van der Waals surface area contributed by atoms with Crippen LogP contribution in [0.2, 0.25) is 0 Å². The molecule has 3 atom stereocenters. The number of urea groups is 1. The zero-order valence-corrected chi connectivity index (χ0v) is 11.5. The van der Waals surface area contributed by atoms with Gasteiger partial charge in [0.05, 0.1) is 18.6 Å². The topological polar surface area (TPSA) is 69.6 Å². The van der Waals surface area contributed by atoms with Crippen LogP contribution in [0.3, 0.4) is 0 Å². The van der Waals surface area contributed by atoms with E-state index in [2.05, 4.69) is 11.2 Å². The third-order valence-electron chi connectivity index (χ3n) is 3.60. The van der Waals surface area contributed by atoms with Crippen molar-refractivity contribution in [1.29, 1.82) is 0 Å². The summed E-state index contributed by atoms with van der Waals surface area (Å²) in [7, 11) is 0. The normalized spacial score (nSPS) is 28.9. The largest absolute Gasteiger partial charge is 0.481 e. The maximum absolute atomic E-state index is 11.8. The highest BCUT2D eigenvalue weighted by Crippen LogP contribution is 2.37. The number of unbranched alkanes of at least 4 members (excludes halogenated alkanes) is 1. The molecule has 2 heterocycles. The van der Waals surface area contributed by atoms with Crippen LogP contribution in [0.15, 0.2) is 0 Å². The summed E-state index contributed by atoms with van der Waals surface area (Å²) >= 11 is 1.85. The summed E-state index contributed by atoms with van der Waals surface area (Å²) in [6, 6.07) is 0.289. The van der Waals surface area contributed by atoms with Crippen molar-refractivity contribution in [2.24, 2.45) is 0 Å². The van der Waals surface area contributed by atoms with Crippen molar-refractivity contribution < 1.29 is 14.7 Å². The Balaban J connectivity index is 1.86. The number of fused-ring (bicyclic) bond motifs is 1. The van der Waals surface area contributed by atoms with E-state index in [1.807, 2.05) is 11.8 Å². The second-order valence-electron chi connectivity index (χ2n) is 4.89. The zero-order valence-electron chi connectivity index (χ0n) is 10.7. The van der Waals surface area contributed by atoms with Gasteiger partial charge in [-0.05, 0) is 12.8 Å². The van der Waals surface area contributed by atoms with E-state index < -0.39 is 5.97 Å². The second kappa shape index (κ2) is 6.20. The first-order chi connectivity index (χ1) is 9.13. The lowest BCUT2D eigenvalue weighted by atomic mass is 10.0. The number of nitrogens with zero attached hydrogens (tertiary/aromatic N) is 1. The average Bonchev–Trinajstić information content (AvgIpc) is 2.87. The van der Waals surface area contributed by atoms with Crippen LogP contribution in [-0.4, -0.2) is 51.6 Å². The maximum Gasteiger partial charge on any atom is 0.318 e. The first-order valence-corrected chi connectivity index (χ1v) is 7.52. The van der Waals surface area contributed by atoms with Gasteiger partial charge in [-0.3, -0.25) is 4.79 Å². The number of hydrogen-bond donors (Lipinski definition) is 2. The summed E-state index contributed by atoms with van der Waals surface area (Å²) in [4.78, 5) is 24.0. The summed E-state index contributed by atoms with van der Waals surface area (Å²) in [5.74, 6) is 2.70. The van der Waals surface area contributed by atoms with Gasteiger partial charge in [-0.15, -0.1) is 6.42 Å². The minimum Gasteiger partial charge on any atom is -0.481 e. The highest BCUT2D eigenvalue weighted by molar-refractivity contribution is 8.00. The molecule has 0 spiro atoms. The molecule has 2 N–H and O–H groups in total. The molecule has 0 bridgehead atoms. The van der Waals surface area contributed by atoms with Crippen molar-refractivity contribution in [3.05, 3.63) is 0 Å². The van der Waals surface area contributed by atoms with Crippen molar-refractivity contribution >= 4 is 23.8 Å². The molecule has 0 aromatic rings. The fraction of sp³-hybridized carbons (Fsp3) is 0.692. The molecule has 2 saturated heterocycles. The molecule has 6 heteroatoms. The van der Waals surface area contributed by atoms with Gasteiger partial charge in [0.25, 0.3) is 0 Å². The Morgan fingerprint density at radius 1 is 1.58 bits per heavy atom. The van der Waals surface area contributed by atoms with Gasteiger partial charge in [0, 0.05) is 17.4 Å². The number of thioether (sulfide) groups is 1. The van der Waals surface area contributed by atoms with Gasteiger partial charge in [-0.2, -0.15) is 11.8 Å². The predicted molar refractivity (Wildman–Crippen MR) is 74.0 cm³/mol. The van der Waals surface area contributed by atoms with Crippen LogP contribution in [0.1, 0.15) is 25.7 Å². The molecule has 0 aliphatic carbocycles. The number of carbonyl (C=O) groups is 2. The molecule has 0 radical (unpaired) electrons. The molecule has 2 amide bonds. The van der Waals surface area contributed by atoms with Gasteiger partial charge < -0.3 is 15.3 Å². The Bertz CT molecular complexity index is 407. The number of aliphatic carboxylic acids is 1. The molecule has 104 valence electrons. The van der Waals surface area contributed by atoms with Gasteiger partial charge >= 0.3 is 12.0 Å². The van der Waals surface area contributed by atoms with E-state index in [4.69, 9.17) is 11.5 Å². The highest BCUT2D eigenvalue weighted by Gasteiger charge is 2.47. The van der Waals surface area contributed by atoms with Crippen LogP contribution in [-0.2, 0) is 4.79 Å². The summed E-state index contributed by atoms with van der Waals surface area (Å²) in [5.41, 5.74) is 0. The van der Waals surface area contributed by atoms with Crippen molar-refractivity contribution in [3.63, 3.8) is 0 Å². The molecule has 2 aliphatic rings. The zero-order chi connectivity index (χ0) is 13.8. The fourth-order valence-corrected chi connectivity index (χ4v) is 4.36. The Morgan fingerprint density at radius 3 is 3.05 bits per heavy atom. The van der Waals surface area contributed by atoms with Crippen LogP contribution in [0, 0.1) is 12.3 Å². The monoisotopic (exact) mass is 282 g/mol. The van der Waals surface area contributed by atoms with Gasteiger partial charge in [0.15, 0.2) is 0 Å². The average molecular weight is 282 g/mol. The lowest BCUT2D eigenvalue weighted by Gasteiger charge is -2.25. The number of terminal acetylenes is 1. The van der Waals surface area contributed by atoms with E-state index in [9.17, 15) is 9.59 Å². The third-order valence-corrected chi connectivity index (χ3v) is 5.10. The molecular weight excluding hydrogens is 264 g/mol. The molecule has 0 aromatic carbocycles. The van der Waals surface area contributed by atoms with Crippen LogP contribution >= 0.6 is 11.8 Å². The molecule has 2 rings (SSSR count). The Kier molecular flexibility index (Phi) is 4.59. The molecule has 0 aromatic heterocycles. The summed E-state index contributed by atoms with van der Waals surface area (Å²) in [6.45, 7) is 0.346. The summed E-state index contributed by atoms with van der Waals surface area (Å²) in [5, 5.41) is 11.9. The molecule has 5 nitrogen and oxygen atoms in total. The number of carboxylic acids is 1. The van der Waals surface area contributed by atoms with Crippen molar-refractivity contribution in [2.75, 3.05) is 12.3 Å². The standard InChI is InChI=1S/C13H18N2O3S/c1-2-7-15-12-9(14-13(15)18)8-19-10(12)5-3-4-6-11(16)17/h1,9-10,12H,3-8H2,(H,14,18)(H,16,17)/t9-,10-,12-/m1/s1. The summed E-state index contributed by atoms with van der Waals surface area (Å²) < 4.78 is 0. The van der Waals surface area contributed by atoms with Crippen LogP contribution < -0.4 is 5.32 Å². The van der Waals surface area contributed by atoms with E-state index in [0.29, 0.717) is 18.2 Å². The molecular formula is C13H18N2O3S. The quantitative estimate of drug-likeness (QED) is 0.435. The third kappa shape index (κ3) is 3.16. The number of rotatable bonds is 6. The lowest BCUT2D eigenvalue weighted by Crippen LogP contribution is -2.41. The number of amides is 2. The van der Waals surface area contributed by atoms with E-state index >= 15 is 0 Å². The number of carbonyl (C=O) groups excluding carboxylic acids is 1. The first-order valence-electron chi connectivity index (χ1n) is 6.47. The summed E-state index contributed by atoms with van der Waals surface area (Å²) in [6.07, 6.45) is 8.04. The van der Waals surface area contributed by atoms with Gasteiger partial charge in [0.1, 0.15) is 0 Å². The van der Waals surface area contributed by atoms with Crippen molar-refractivity contribution in [2.45, 2.75) is 43.0 Å². The number of hydrogen-bond acceptors (Lipinski definition) is 3. The Labute approximate surface area is 117 Å². The molecule has 0 saturated carbocycles. The van der Waals surface area contributed by atoms with E-state index in [1.54, 1.807) is 4.90 Å². The van der Waals surface area contributed by atoms with Crippen LogP contribution in [0.25, 0.3) is 0 Å². The van der Waals surface area contributed by atoms with Crippen molar-refractivity contribution in [3.8, 4) is 12.3 Å². The molecule has 19 heavy (non-hydrogen) atoms. The molecule has 2 fully saturated rings. The van der Waals surface area contributed by atoms with Gasteiger partial charge in [0.2, 0.25) is 0 Å². The SMILES string of the molecule is C#CCN1C(=O)N[C@@H]2CS[C@H](CCCCC(=O)O)[C@@H]21. The van der Waals surface area contributed by atoms with Gasteiger partial charge in [-0.1, -0.05) is 12.3 Å². The predicted octanol–water partition coefficient (Wildman–Crippen LogP) is 1.14. The van der Waals surface area contributed by atoms with Crippen LogP contribution in [0.5, 0.6) is 0 Å². The minimum absolute atomic E-state index is 0.0659. The van der Waals surface area contributed by atoms with E-state index in [0.717, 1.165) is 18.6 Å². The lowest BCUT2D eigenvalue weighted by molar-refractivity contribution is -0.137. The second-order valence-corrected chi connectivity index (χ2v) is 6.16. The fourth-order valence-electron chi connectivity index (χ4n) is 2.76. The highest BCUT2D eigenvalue weighted by atomic mass is 32.2. The van der Waals surface area contributed by atoms with E-state index in [1.165, 1.54) is 0 Å².